The van der Waals surface area contributed by atoms with Crippen LogP contribution in [0.5, 0.6) is 0 Å². The molecule has 2 amide bonds. The van der Waals surface area contributed by atoms with Gasteiger partial charge in [0.2, 0.25) is 21.8 Å². The molecule has 0 aliphatic heterocycles. The highest BCUT2D eigenvalue weighted by molar-refractivity contribution is 7.92. The monoisotopic (exact) mass is 435 g/mol. The Bertz CT molecular complexity index is 1010. The molecule has 0 radical (unpaired) electrons. The third kappa shape index (κ3) is 5.79. The van der Waals surface area contributed by atoms with Crippen LogP contribution in [0.3, 0.4) is 0 Å². The molecule has 0 heterocycles. The van der Waals surface area contributed by atoms with Gasteiger partial charge >= 0.3 is 0 Å². The average Bonchev–Trinajstić information content (AvgIpc) is 2.70. The largest absolute Gasteiger partial charge is 0.357 e. The summed E-state index contributed by atoms with van der Waals surface area (Å²) in [7, 11) is -2.36. The zero-order chi connectivity index (χ0) is 22.5. The van der Waals surface area contributed by atoms with Crippen LogP contribution >= 0.6 is 0 Å². The first-order chi connectivity index (χ1) is 14.0. The number of aryl methyl sites for hydroxylation is 1. The first-order valence-corrected chi connectivity index (χ1v) is 11.2. The summed E-state index contributed by atoms with van der Waals surface area (Å²) < 4.78 is 38.8. The van der Waals surface area contributed by atoms with E-state index in [1.165, 1.54) is 24.1 Å². The van der Waals surface area contributed by atoms with E-state index < -0.39 is 34.3 Å². The first-order valence-electron chi connectivity index (χ1n) is 9.33. The number of benzene rings is 2. The van der Waals surface area contributed by atoms with E-state index in [1.807, 2.05) is 31.2 Å². The molecule has 9 heteroatoms. The number of anilines is 1. The Morgan fingerprint density at radius 1 is 1.10 bits per heavy atom. The van der Waals surface area contributed by atoms with Crippen LogP contribution in [0.1, 0.15) is 18.1 Å². The molecule has 0 aromatic heterocycles. The molecule has 1 N–H and O–H groups in total. The molecule has 2 rings (SSSR count). The minimum absolute atomic E-state index is 0.140. The lowest BCUT2D eigenvalue weighted by Gasteiger charge is -2.31. The first kappa shape index (κ1) is 23.3. The fraction of sp³-hybridized carbons (Fsp3) is 0.333. The maximum Gasteiger partial charge on any atom is 0.244 e. The van der Waals surface area contributed by atoms with Gasteiger partial charge in [-0.3, -0.25) is 13.9 Å². The number of carbonyl (C=O) groups is 2. The molecule has 0 fully saturated rings. The summed E-state index contributed by atoms with van der Waals surface area (Å²) in [5.41, 5.74) is 1.95. The maximum absolute atomic E-state index is 13.3. The normalized spacial score (nSPS) is 12.2. The van der Waals surface area contributed by atoms with Gasteiger partial charge in [-0.25, -0.2) is 12.8 Å². The van der Waals surface area contributed by atoms with Crippen molar-refractivity contribution in [1.82, 2.24) is 10.2 Å². The number of halogens is 1. The van der Waals surface area contributed by atoms with Crippen molar-refractivity contribution < 1.29 is 22.4 Å². The van der Waals surface area contributed by atoms with E-state index in [0.717, 1.165) is 33.8 Å². The van der Waals surface area contributed by atoms with Gasteiger partial charge in [0, 0.05) is 13.6 Å². The minimum atomic E-state index is -3.83. The molecule has 0 aliphatic rings. The van der Waals surface area contributed by atoms with Crippen molar-refractivity contribution in [3.8, 4) is 0 Å². The van der Waals surface area contributed by atoms with E-state index >= 15 is 0 Å². The molecule has 2 aromatic carbocycles. The van der Waals surface area contributed by atoms with Gasteiger partial charge in [0.25, 0.3) is 0 Å². The third-order valence-electron chi connectivity index (χ3n) is 4.81. The molecule has 7 nitrogen and oxygen atoms in total. The van der Waals surface area contributed by atoms with Crippen LogP contribution in [0.15, 0.2) is 48.5 Å². The molecule has 2 aromatic rings. The minimum Gasteiger partial charge on any atom is -0.357 e. The summed E-state index contributed by atoms with van der Waals surface area (Å²) in [5.74, 6) is -1.44. The third-order valence-corrected chi connectivity index (χ3v) is 5.95. The van der Waals surface area contributed by atoms with E-state index in [9.17, 15) is 22.4 Å². The molecular formula is C21H26FN3O4S. The van der Waals surface area contributed by atoms with Crippen molar-refractivity contribution >= 4 is 27.5 Å². The van der Waals surface area contributed by atoms with Gasteiger partial charge in [0.15, 0.2) is 0 Å². The lowest BCUT2D eigenvalue weighted by atomic mass is 10.1. The molecule has 162 valence electrons. The Morgan fingerprint density at radius 3 is 2.23 bits per heavy atom. The van der Waals surface area contributed by atoms with Gasteiger partial charge in [-0.1, -0.05) is 24.3 Å². The van der Waals surface area contributed by atoms with Gasteiger partial charge < -0.3 is 10.2 Å². The average molecular weight is 436 g/mol. The van der Waals surface area contributed by atoms with Crippen molar-refractivity contribution in [3.05, 3.63) is 65.5 Å². The van der Waals surface area contributed by atoms with Crippen LogP contribution in [0.2, 0.25) is 0 Å². The van der Waals surface area contributed by atoms with Crippen LogP contribution in [0, 0.1) is 12.7 Å². The van der Waals surface area contributed by atoms with E-state index in [-0.39, 0.29) is 18.1 Å². The Balaban J connectivity index is 2.38. The summed E-state index contributed by atoms with van der Waals surface area (Å²) in [4.78, 5) is 26.8. The van der Waals surface area contributed by atoms with Gasteiger partial charge in [0.1, 0.15) is 18.4 Å². The van der Waals surface area contributed by atoms with Gasteiger partial charge in [0.05, 0.1) is 11.9 Å². The molecule has 0 saturated carbocycles. The number of carbonyl (C=O) groups excluding carboxylic acids is 2. The molecule has 0 saturated heterocycles. The number of rotatable bonds is 8. The molecule has 0 spiro atoms. The van der Waals surface area contributed by atoms with Crippen molar-refractivity contribution in [2.75, 3.05) is 24.2 Å². The van der Waals surface area contributed by atoms with E-state index in [1.54, 1.807) is 6.92 Å². The Hall–Kier alpha value is -2.94. The molecule has 30 heavy (non-hydrogen) atoms. The van der Waals surface area contributed by atoms with Gasteiger partial charge in [-0.05, 0) is 49.2 Å². The highest BCUT2D eigenvalue weighted by Gasteiger charge is 2.29. The zero-order valence-electron chi connectivity index (χ0n) is 17.4. The highest BCUT2D eigenvalue weighted by atomic mass is 32.2. The molecule has 0 aliphatic carbocycles. The van der Waals surface area contributed by atoms with Crippen molar-refractivity contribution in [2.24, 2.45) is 0 Å². The Kier molecular flexibility index (Phi) is 7.55. The fourth-order valence-electron chi connectivity index (χ4n) is 2.98. The molecule has 0 unspecified atom stereocenters. The van der Waals surface area contributed by atoms with E-state index in [0.29, 0.717) is 0 Å². The molecular weight excluding hydrogens is 409 g/mol. The highest BCUT2D eigenvalue weighted by Crippen LogP contribution is 2.20. The van der Waals surface area contributed by atoms with Crippen molar-refractivity contribution in [3.63, 3.8) is 0 Å². The summed E-state index contributed by atoms with van der Waals surface area (Å²) in [6.45, 7) is 3.10. The second-order valence-corrected chi connectivity index (χ2v) is 8.89. The van der Waals surface area contributed by atoms with Gasteiger partial charge in [-0.15, -0.1) is 0 Å². The molecule has 0 bridgehead atoms. The second kappa shape index (κ2) is 9.71. The summed E-state index contributed by atoms with van der Waals surface area (Å²) in [6.07, 6.45) is 0.970. The number of hydrogen-bond acceptors (Lipinski definition) is 4. The molecule has 1 atom stereocenters. The number of nitrogens with zero attached hydrogens (tertiary/aromatic N) is 2. The maximum atomic E-state index is 13.3. The van der Waals surface area contributed by atoms with Gasteiger partial charge in [-0.2, -0.15) is 0 Å². The number of likely N-dealkylation sites (N-methyl/N-ethyl adjacent to an activating group) is 1. The quantitative estimate of drug-likeness (QED) is 0.688. The van der Waals surface area contributed by atoms with Crippen molar-refractivity contribution in [1.29, 1.82) is 0 Å². The summed E-state index contributed by atoms with van der Waals surface area (Å²) in [6, 6.07) is 11.4. The summed E-state index contributed by atoms with van der Waals surface area (Å²) >= 11 is 0. The topological polar surface area (TPSA) is 86.8 Å². The predicted molar refractivity (Wildman–Crippen MR) is 114 cm³/mol. The van der Waals surface area contributed by atoms with Crippen LogP contribution in [0.4, 0.5) is 10.1 Å². The summed E-state index contributed by atoms with van der Waals surface area (Å²) in [5, 5.41) is 2.52. The Morgan fingerprint density at radius 2 is 1.70 bits per heavy atom. The standard InChI is InChI=1S/C21H26FN3O4S/c1-15-7-5-6-8-17(15)13-24(16(2)21(27)23-3)20(26)14-25(30(4,28)29)19-11-9-18(22)10-12-19/h5-12,16H,13-14H2,1-4H3,(H,23,27)/t16-/m0/s1. The van der Waals surface area contributed by atoms with E-state index in [4.69, 9.17) is 0 Å². The van der Waals surface area contributed by atoms with Crippen LogP contribution in [0.25, 0.3) is 0 Å². The lowest BCUT2D eigenvalue weighted by Crippen LogP contribution is -2.50. The van der Waals surface area contributed by atoms with E-state index in [2.05, 4.69) is 5.32 Å². The SMILES string of the molecule is CNC(=O)[C@H](C)N(Cc1ccccc1C)C(=O)CN(c1ccc(F)cc1)S(C)(=O)=O. The smallest absolute Gasteiger partial charge is 0.244 e. The van der Waals surface area contributed by atoms with Crippen LogP contribution < -0.4 is 9.62 Å². The number of amides is 2. The number of hydrogen-bond donors (Lipinski definition) is 1. The predicted octanol–water partition coefficient (Wildman–Crippen LogP) is 2.06. The second-order valence-electron chi connectivity index (χ2n) is 6.98. The number of sulfonamides is 1. The van der Waals surface area contributed by atoms with Crippen LogP contribution in [-0.4, -0.2) is 51.0 Å². The van der Waals surface area contributed by atoms with Crippen LogP contribution in [-0.2, 0) is 26.2 Å². The Labute approximate surface area is 176 Å². The number of nitrogens with one attached hydrogen (secondary N) is 1. The van der Waals surface area contributed by atoms with Crippen molar-refractivity contribution in [2.45, 2.75) is 26.4 Å². The lowest BCUT2D eigenvalue weighted by molar-refractivity contribution is -0.139. The zero-order valence-corrected chi connectivity index (χ0v) is 18.2. The fourth-order valence-corrected chi connectivity index (χ4v) is 3.83.